The van der Waals surface area contributed by atoms with Gasteiger partial charge >= 0.3 is 11.8 Å². The van der Waals surface area contributed by atoms with Crippen LogP contribution in [0.3, 0.4) is 0 Å². The zero-order chi connectivity index (χ0) is 17.4. The maximum Gasteiger partial charge on any atom is 0.329 e. The first-order valence-corrected chi connectivity index (χ1v) is 7.49. The van der Waals surface area contributed by atoms with Crippen LogP contribution in [0.2, 0.25) is 0 Å². The van der Waals surface area contributed by atoms with Gasteiger partial charge in [-0.3, -0.25) is 9.59 Å². The van der Waals surface area contributed by atoms with Crippen molar-refractivity contribution >= 4 is 23.7 Å². The second-order valence-electron chi connectivity index (χ2n) is 4.98. The van der Waals surface area contributed by atoms with Crippen LogP contribution in [0.15, 0.2) is 53.6 Å². The van der Waals surface area contributed by atoms with Crippen LogP contribution in [0, 0.1) is 0 Å². The molecule has 2 aromatic carbocycles. The molecule has 0 bridgehead atoms. The number of nitrogens with one attached hydrogen (secondary N) is 2. The molecule has 2 rings (SSSR count). The number of amides is 2. The number of benzene rings is 2. The monoisotopic (exact) mass is 325 g/mol. The van der Waals surface area contributed by atoms with Crippen molar-refractivity contribution < 1.29 is 14.3 Å². The fraction of sp³-hybridized carbons (Fsp3) is 0.167. The van der Waals surface area contributed by atoms with Crippen molar-refractivity contribution in [2.45, 2.75) is 13.3 Å². The highest BCUT2D eigenvalue weighted by Gasteiger charge is 2.12. The van der Waals surface area contributed by atoms with E-state index < -0.39 is 11.8 Å². The molecule has 0 aliphatic carbocycles. The smallest absolute Gasteiger partial charge is 0.329 e. The SMILES string of the molecule is CCc1ccc(/C=N/NC(=O)C(=O)Nc2ccc(OC)cc2)cc1. The largest absolute Gasteiger partial charge is 0.497 e. The number of hydrogen-bond acceptors (Lipinski definition) is 4. The topological polar surface area (TPSA) is 79.8 Å². The molecule has 0 radical (unpaired) electrons. The summed E-state index contributed by atoms with van der Waals surface area (Å²) in [6.07, 6.45) is 2.44. The Hall–Kier alpha value is -3.15. The fourth-order valence-electron chi connectivity index (χ4n) is 1.92. The van der Waals surface area contributed by atoms with Gasteiger partial charge in [-0.15, -0.1) is 0 Å². The van der Waals surface area contributed by atoms with Crippen LogP contribution in [0.4, 0.5) is 5.69 Å². The molecular formula is C18H19N3O3. The molecule has 0 saturated carbocycles. The molecule has 0 unspecified atom stereocenters. The van der Waals surface area contributed by atoms with Crippen molar-refractivity contribution in [2.24, 2.45) is 5.10 Å². The number of carbonyl (C=O) groups excluding carboxylic acids is 2. The summed E-state index contributed by atoms with van der Waals surface area (Å²) in [7, 11) is 1.55. The van der Waals surface area contributed by atoms with Crippen LogP contribution in [-0.2, 0) is 16.0 Å². The van der Waals surface area contributed by atoms with Gasteiger partial charge in [0.15, 0.2) is 0 Å². The van der Waals surface area contributed by atoms with Crippen molar-refractivity contribution in [1.29, 1.82) is 0 Å². The Labute approximate surface area is 140 Å². The van der Waals surface area contributed by atoms with E-state index in [1.807, 2.05) is 24.3 Å². The van der Waals surface area contributed by atoms with Crippen LogP contribution in [0.5, 0.6) is 5.75 Å². The average molecular weight is 325 g/mol. The number of carbonyl (C=O) groups is 2. The van der Waals surface area contributed by atoms with Crippen LogP contribution >= 0.6 is 0 Å². The van der Waals surface area contributed by atoms with Gasteiger partial charge in [0.2, 0.25) is 0 Å². The van der Waals surface area contributed by atoms with Crippen molar-refractivity contribution in [3.05, 3.63) is 59.7 Å². The molecule has 0 aromatic heterocycles. The van der Waals surface area contributed by atoms with Gasteiger partial charge in [-0.05, 0) is 41.8 Å². The molecular weight excluding hydrogens is 306 g/mol. The van der Waals surface area contributed by atoms with Gasteiger partial charge in [-0.2, -0.15) is 5.10 Å². The van der Waals surface area contributed by atoms with Crippen molar-refractivity contribution in [2.75, 3.05) is 12.4 Å². The summed E-state index contributed by atoms with van der Waals surface area (Å²) >= 11 is 0. The van der Waals surface area contributed by atoms with Crippen molar-refractivity contribution in [3.63, 3.8) is 0 Å². The lowest BCUT2D eigenvalue weighted by Crippen LogP contribution is -2.32. The predicted octanol–water partition coefficient (Wildman–Crippen LogP) is 2.35. The lowest BCUT2D eigenvalue weighted by atomic mass is 10.1. The number of anilines is 1. The molecule has 2 N–H and O–H groups in total. The second-order valence-corrected chi connectivity index (χ2v) is 4.98. The zero-order valence-corrected chi connectivity index (χ0v) is 13.6. The van der Waals surface area contributed by atoms with Crippen LogP contribution < -0.4 is 15.5 Å². The Balaban J connectivity index is 1.86. The molecule has 0 spiro atoms. The van der Waals surface area contributed by atoms with E-state index in [1.165, 1.54) is 11.8 Å². The lowest BCUT2D eigenvalue weighted by Gasteiger charge is -2.05. The van der Waals surface area contributed by atoms with Crippen molar-refractivity contribution in [3.8, 4) is 5.75 Å². The van der Waals surface area contributed by atoms with E-state index in [0.29, 0.717) is 11.4 Å². The number of rotatable bonds is 5. The quantitative estimate of drug-likeness (QED) is 0.503. The summed E-state index contributed by atoms with van der Waals surface area (Å²) in [5.41, 5.74) is 4.75. The lowest BCUT2D eigenvalue weighted by molar-refractivity contribution is -0.136. The highest BCUT2D eigenvalue weighted by atomic mass is 16.5. The first-order valence-electron chi connectivity index (χ1n) is 7.49. The Morgan fingerprint density at radius 2 is 1.71 bits per heavy atom. The molecule has 24 heavy (non-hydrogen) atoms. The van der Waals surface area contributed by atoms with Crippen LogP contribution in [0.25, 0.3) is 0 Å². The van der Waals surface area contributed by atoms with Gasteiger partial charge in [0.1, 0.15) is 5.75 Å². The minimum Gasteiger partial charge on any atom is -0.497 e. The number of nitrogens with zero attached hydrogens (tertiary/aromatic N) is 1. The van der Waals surface area contributed by atoms with Gasteiger partial charge < -0.3 is 10.1 Å². The standard InChI is InChI=1S/C18H19N3O3/c1-3-13-4-6-14(7-5-13)12-19-21-18(23)17(22)20-15-8-10-16(24-2)11-9-15/h4-12H,3H2,1-2H3,(H,20,22)(H,21,23)/b19-12+. The molecule has 0 aliphatic rings. The van der Waals surface area contributed by atoms with Gasteiger partial charge in [0, 0.05) is 5.69 Å². The van der Waals surface area contributed by atoms with Crippen LogP contribution in [0.1, 0.15) is 18.1 Å². The Morgan fingerprint density at radius 3 is 2.29 bits per heavy atom. The minimum absolute atomic E-state index is 0.495. The van der Waals surface area contributed by atoms with Gasteiger partial charge in [0.05, 0.1) is 13.3 Å². The maximum atomic E-state index is 11.8. The number of ether oxygens (including phenoxy) is 1. The molecule has 0 atom stereocenters. The summed E-state index contributed by atoms with van der Waals surface area (Å²) in [6.45, 7) is 2.07. The summed E-state index contributed by atoms with van der Waals surface area (Å²) in [5.74, 6) is -0.970. The maximum absolute atomic E-state index is 11.8. The van der Waals surface area contributed by atoms with Gasteiger partial charge in [0.25, 0.3) is 0 Å². The predicted molar refractivity (Wildman–Crippen MR) is 93.2 cm³/mol. The molecule has 6 heteroatoms. The molecule has 2 aromatic rings. The average Bonchev–Trinajstić information content (AvgIpc) is 2.62. The molecule has 0 fully saturated rings. The van der Waals surface area contributed by atoms with Gasteiger partial charge in [-0.1, -0.05) is 31.2 Å². The third-order valence-corrected chi connectivity index (χ3v) is 3.32. The Morgan fingerprint density at radius 1 is 1.04 bits per heavy atom. The molecule has 2 amide bonds. The van der Waals surface area contributed by atoms with E-state index in [0.717, 1.165) is 12.0 Å². The third-order valence-electron chi connectivity index (χ3n) is 3.32. The highest BCUT2D eigenvalue weighted by molar-refractivity contribution is 6.39. The van der Waals surface area contributed by atoms with E-state index in [2.05, 4.69) is 22.8 Å². The van der Waals surface area contributed by atoms with E-state index in [9.17, 15) is 9.59 Å². The molecule has 124 valence electrons. The Kier molecular flexibility index (Phi) is 6.08. The van der Waals surface area contributed by atoms with E-state index in [1.54, 1.807) is 31.4 Å². The summed E-state index contributed by atoms with van der Waals surface area (Å²) in [6, 6.07) is 14.4. The number of aryl methyl sites for hydroxylation is 1. The third kappa shape index (κ3) is 4.95. The highest BCUT2D eigenvalue weighted by Crippen LogP contribution is 2.14. The van der Waals surface area contributed by atoms with Gasteiger partial charge in [-0.25, -0.2) is 5.43 Å². The van der Waals surface area contributed by atoms with E-state index in [4.69, 9.17) is 4.74 Å². The second kappa shape index (κ2) is 8.47. The number of hydrogen-bond donors (Lipinski definition) is 2. The first-order chi connectivity index (χ1) is 11.6. The summed E-state index contributed by atoms with van der Waals surface area (Å²) in [4.78, 5) is 23.5. The number of methoxy groups -OCH3 is 1. The molecule has 6 nitrogen and oxygen atoms in total. The fourth-order valence-corrected chi connectivity index (χ4v) is 1.92. The molecule has 0 heterocycles. The molecule has 0 aliphatic heterocycles. The van der Waals surface area contributed by atoms with Crippen LogP contribution in [-0.4, -0.2) is 25.1 Å². The minimum atomic E-state index is -0.841. The normalized spacial score (nSPS) is 10.4. The summed E-state index contributed by atoms with van der Waals surface area (Å²) in [5, 5.41) is 6.26. The number of hydrazone groups is 1. The molecule has 0 saturated heterocycles. The van der Waals surface area contributed by atoms with Crippen molar-refractivity contribution in [1.82, 2.24) is 5.43 Å². The Bertz CT molecular complexity index is 722. The van der Waals surface area contributed by atoms with E-state index >= 15 is 0 Å². The zero-order valence-electron chi connectivity index (χ0n) is 13.6. The van der Waals surface area contributed by atoms with E-state index in [-0.39, 0.29) is 0 Å². The first kappa shape index (κ1) is 17.2. The summed E-state index contributed by atoms with van der Waals surface area (Å²) < 4.78 is 5.02.